The molecule has 0 radical (unpaired) electrons. The molecule has 59 heavy (non-hydrogen) atoms. The molecule has 0 aromatic heterocycles. The summed E-state index contributed by atoms with van der Waals surface area (Å²) >= 11 is 0. The fourth-order valence-electron chi connectivity index (χ4n) is 11.0. The highest BCUT2D eigenvalue weighted by Gasteiger charge is 2.52. The maximum absolute atomic E-state index is 2.53. The second-order valence-electron chi connectivity index (χ2n) is 16.8. The average molecular weight is 752 g/mol. The minimum atomic E-state index is -0.495. The van der Waals surface area contributed by atoms with Gasteiger partial charge in [-0.15, -0.1) is 0 Å². The molecular weight excluding hydrogens is 711 g/mol. The molecule has 0 unspecified atom stereocenters. The highest BCUT2D eigenvalue weighted by molar-refractivity contribution is 6.01. The van der Waals surface area contributed by atoms with Crippen molar-refractivity contribution in [3.63, 3.8) is 0 Å². The molecule has 0 atom stereocenters. The fraction of sp³-hybridized carbons (Fsp3) is 0.0690. The maximum atomic E-state index is 2.53. The van der Waals surface area contributed by atoms with Crippen LogP contribution in [-0.2, 0) is 10.8 Å². The summed E-state index contributed by atoms with van der Waals surface area (Å²) in [4.78, 5) is 2.52. The zero-order valence-corrected chi connectivity index (χ0v) is 33.2. The standard InChI is InChI=1S/C58H41N/c1-57(2)49-27-13-9-23-44(49)47-34-32-40(36-53(47)57)59(55-31-16-12-22-42(55)38-18-5-3-6-19-38)41-33-35-48-54(37-41)58(50-28-14-10-24-45(50)46-25-11-15-29-51(46)58)52-30-17-26-43(56(48)52)39-20-7-4-8-21-39/h3-37H,1-2H3. The molecule has 278 valence electrons. The third kappa shape index (κ3) is 4.67. The number of anilines is 3. The molecule has 9 aromatic rings. The first-order valence-corrected chi connectivity index (χ1v) is 20.8. The number of hydrogen-bond acceptors (Lipinski definition) is 1. The van der Waals surface area contributed by atoms with E-state index < -0.39 is 5.41 Å². The van der Waals surface area contributed by atoms with E-state index in [0.29, 0.717) is 0 Å². The summed E-state index contributed by atoms with van der Waals surface area (Å²) in [6.45, 7) is 4.75. The van der Waals surface area contributed by atoms with Crippen LogP contribution in [0.4, 0.5) is 17.1 Å². The summed E-state index contributed by atoms with van der Waals surface area (Å²) in [5.74, 6) is 0. The zero-order chi connectivity index (χ0) is 39.3. The Morgan fingerprint density at radius 1 is 0.305 bits per heavy atom. The SMILES string of the molecule is CC1(C)c2ccccc2-c2ccc(N(c3ccc4c(c3)C3(c5ccccc5-c5ccccc53)c3cccc(-c5ccccc5)c3-4)c3ccccc3-c3ccccc3)cc21. The van der Waals surface area contributed by atoms with Gasteiger partial charge in [-0.1, -0.05) is 196 Å². The third-order valence-electron chi connectivity index (χ3n) is 13.5. The molecule has 9 aromatic carbocycles. The van der Waals surface area contributed by atoms with Crippen LogP contribution in [0.1, 0.15) is 47.2 Å². The predicted molar refractivity (Wildman–Crippen MR) is 246 cm³/mol. The zero-order valence-electron chi connectivity index (χ0n) is 33.2. The number of rotatable bonds is 5. The molecule has 0 N–H and O–H groups in total. The van der Waals surface area contributed by atoms with E-state index in [9.17, 15) is 0 Å². The number of hydrogen-bond donors (Lipinski definition) is 0. The lowest BCUT2D eigenvalue weighted by Gasteiger charge is -2.33. The molecule has 0 aliphatic heterocycles. The lowest BCUT2D eigenvalue weighted by molar-refractivity contribution is 0.660. The third-order valence-corrected chi connectivity index (χ3v) is 13.5. The van der Waals surface area contributed by atoms with Crippen molar-refractivity contribution in [1.29, 1.82) is 0 Å². The second kappa shape index (κ2) is 12.6. The van der Waals surface area contributed by atoms with Crippen LogP contribution in [0.5, 0.6) is 0 Å². The van der Waals surface area contributed by atoms with E-state index in [0.717, 1.165) is 17.1 Å². The fourth-order valence-corrected chi connectivity index (χ4v) is 11.0. The maximum Gasteiger partial charge on any atom is 0.0726 e. The van der Waals surface area contributed by atoms with E-state index in [4.69, 9.17) is 0 Å². The number of benzene rings is 9. The lowest BCUT2D eigenvalue weighted by atomic mass is 9.70. The minimum Gasteiger partial charge on any atom is -0.310 e. The molecule has 0 amide bonds. The molecule has 0 fully saturated rings. The molecule has 3 aliphatic rings. The van der Waals surface area contributed by atoms with Crippen LogP contribution >= 0.6 is 0 Å². The van der Waals surface area contributed by atoms with Crippen molar-refractivity contribution < 1.29 is 0 Å². The smallest absolute Gasteiger partial charge is 0.0726 e. The highest BCUT2D eigenvalue weighted by Crippen LogP contribution is 2.65. The van der Waals surface area contributed by atoms with Crippen LogP contribution in [0.3, 0.4) is 0 Å². The molecular formula is C58H41N. The Bertz CT molecular complexity index is 3090. The van der Waals surface area contributed by atoms with Gasteiger partial charge >= 0.3 is 0 Å². The molecule has 12 rings (SSSR count). The van der Waals surface area contributed by atoms with Crippen LogP contribution in [0, 0.1) is 0 Å². The molecule has 1 heteroatoms. The van der Waals surface area contributed by atoms with Gasteiger partial charge in [0.05, 0.1) is 11.1 Å². The predicted octanol–water partition coefficient (Wildman–Crippen LogP) is 15.1. The van der Waals surface area contributed by atoms with Gasteiger partial charge in [0, 0.05) is 22.4 Å². The Hall–Kier alpha value is -7.22. The topological polar surface area (TPSA) is 3.24 Å². The summed E-state index contributed by atoms with van der Waals surface area (Å²) in [6.07, 6.45) is 0. The number of fused-ring (bicyclic) bond motifs is 13. The van der Waals surface area contributed by atoms with Gasteiger partial charge in [-0.2, -0.15) is 0 Å². The van der Waals surface area contributed by atoms with E-state index in [1.807, 2.05) is 0 Å². The molecule has 1 spiro atoms. The number of para-hydroxylation sites is 1. The number of nitrogens with zero attached hydrogens (tertiary/aromatic N) is 1. The summed E-state index contributed by atoms with van der Waals surface area (Å²) < 4.78 is 0. The Morgan fingerprint density at radius 2 is 0.746 bits per heavy atom. The van der Waals surface area contributed by atoms with Crippen molar-refractivity contribution in [3.8, 4) is 55.6 Å². The molecule has 1 nitrogen and oxygen atoms in total. The van der Waals surface area contributed by atoms with Gasteiger partial charge in [0.2, 0.25) is 0 Å². The van der Waals surface area contributed by atoms with Gasteiger partial charge in [-0.05, 0) is 114 Å². The van der Waals surface area contributed by atoms with Crippen molar-refractivity contribution in [1.82, 2.24) is 0 Å². The van der Waals surface area contributed by atoms with Gasteiger partial charge in [0.15, 0.2) is 0 Å². The van der Waals surface area contributed by atoms with Crippen molar-refractivity contribution >= 4 is 17.1 Å². The summed E-state index contributed by atoms with van der Waals surface area (Å²) in [5.41, 5.74) is 23.7. The van der Waals surface area contributed by atoms with Gasteiger partial charge in [-0.3, -0.25) is 0 Å². The van der Waals surface area contributed by atoms with Gasteiger partial charge in [-0.25, -0.2) is 0 Å². The van der Waals surface area contributed by atoms with Crippen molar-refractivity contribution in [2.24, 2.45) is 0 Å². The van der Waals surface area contributed by atoms with Crippen LogP contribution in [0.2, 0.25) is 0 Å². The van der Waals surface area contributed by atoms with Crippen LogP contribution in [0.15, 0.2) is 212 Å². The van der Waals surface area contributed by atoms with Crippen molar-refractivity contribution in [2.45, 2.75) is 24.7 Å². The molecule has 0 saturated carbocycles. The molecule has 0 heterocycles. The summed E-state index contributed by atoms with van der Waals surface area (Å²) in [6, 6.07) is 79.2. The Kier molecular flexibility index (Phi) is 7.26. The van der Waals surface area contributed by atoms with Gasteiger partial charge < -0.3 is 4.90 Å². The van der Waals surface area contributed by atoms with Crippen LogP contribution in [-0.4, -0.2) is 0 Å². The first-order chi connectivity index (χ1) is 29.0. The lowest BCUT2D eigenvalue weighted by Crippen LogP contribution is -2.26. The quantitative estimate of drug-likeness (QED) is 0.169. The monoisotopic (exact) mass is 751 g/mol. The van der Waals surface area contributed by atoms with E-state index >= 15 is 0 Å². The first-order valence-electron chi connectivity index (χ1n) is 20.8. The van der Waals surface area contributed by atoms with E-state index in [1.54, 1.807) is 0 Å². The summed E-state index contributed by atoms with van der Waals surface area (Å²) in [5, 5.41) is 0. The van der Waals surface area contributed by atoms with Crippen LogP contribution in [0.25, 0.3) is 55.6 Å². The van der Waals surface area contributed by atoms with E-state index in [1.165, 1.54) is 89.0 Å². The Labute approximate surface area is 346 Å². The second-order valence-corrected chi connectivity index (χ2v) is 16.8. The molecule has 3 aliphatic carbocycles. The van der Waals surface area contributed by atoms with Crippen LogP contribution < -0.4 is 4.90 Å². The first kappa shape index (κ1) is 33.9. The molecule has 0 bridgehead atoms. The van der Waals surface area contributed by atoms with Crippen molar-refractivity contribution in [3.05, 3.63) is 246 Å². The Morgan fingerprint density at radius 3 is 1.39 bits per heavy atom. The Balaban J connectivity index is 1.16. The van der Waals surface area contributed by atoms with Crippen molar-refractivity contribution in [2.75, 3.05) is 4.90 Å². The average Bonchev–Trinajstić information content (AvgIpc) is 3.85. The van der Waals surface area contributed by atoms with E-state index in [2.05, 4.69) is 231 Å². The largest absolute Gasteiger partial charge is 0.310 e. The normalized spacial score (nSPS) is 14.2. The summed E-state index contributed by atoms with van der Waals surface area (Å²) in [7, 11) is 0. The highest BCUT2D eigenvalue weighted by atomic mass is 15.1. The van der Waals surface area contributed by atoms with Gasteiger partial charge in [0.1, 0.15) is 0 Å². The minimum absolute atomic E-state index is 0.138. The van der Waals surface area contributed by atoms with E-state index in [-0.39, 0.29) is 5.41 Å². The molecule has 0 saturated heterocycles. The van der Waals surface area contributed by atoms with Gasteiger partial charge in [0.25, 0.3) is 0 Å².